The molecular formula is C12H17NO2. The predicted molar refractivity (Wildman–Crippen MR) is 60.0 cm³/mol. The topological polar surface area (TPSA) is 63.3 Å². The molecule has 0 amide bonds. The summed E-state index contributed by atoms with van der Waals surface area (Å²) < 4.78 is 0. The van der Waals surface area contributed by atoms with Crippen LogP contribution in [0.2, 0.25) is 0 Å². The van der Waals surface area contributed by atoms with Crippen molar-refractivity contribution in [2.75, 3.05) is 6.54 Å². The molecule has 1 aromatic carbocycles. The molecule has 1 aromatic rings. The molecule has 1 unspecified atom stereocenters. The fourth-order valence-corrected chi connectivity index (χ4v) is 1.81. The maximum atomic E-state index is 10.7. The molecule has 82 valence electrons. The average molecular weight is 207 g/mol. The zero-order valence-corrected chi connectivity index (χ0v) is 9.16. The van der Waals surface area contributed by atoms with Gasteiger partial charge in [0.05, 0.1) is 6.42 Å². The van der Waals surface area contributed by atoms with E-state index in [0.717, 1.165) is 11.1 Å². The molecule has 0 saturated carbocycles. The Balaban J connectivity index is 2.96. The van der Waals surface area contributed by atoms with E-state index in [9.17, 15) is 4.79 Å². The Kier molecular flexibility index (Phi) is 3.86. The maximum Gasteiger partial charge on any atom is 0.304 e. The first kappa shape index (κ1) is 11.7. The van der Waals surface area contributed by atoms with Gasteiger partial charge < -0.3 is 10.8 Å². The minimum absolute atomic E-state index is 0.0805. The molecule has 0 spiro atoms. The number of nitrogens with two attached hydrogens (primary N) is 1. The lowest BCUT2D eigenvalue weighted by atomic mass is 9.91. The number of rotatable bonds is 4. The Bertz CT molecular complexity index is 361. The van der Waals surface area contributed by atoms with Gasteiger partial charge in [-0.3, -0.25) is 4.79 Å². The molecule has 3 nitrogen and oxygen atoms in total. The zero-order valence-electron chi connectivity index (χ0n) is 9.16. The third kappa shape index (κ3) is 3.06. The van der Waals surface area contributed by atoms with Crippen molar-refractivity contribution < 1.29 is 9.90 Å². The third-order valence-electron chi connectivity index (χ3n) is 2.57. The van der Waals surface area contributed by atoms with Gasteiger partial charge in [0, 0.05) is 5.92 Å². The van der Waals surface area contributed by atoms with Gasteiger partial charge in [0.15, 0.2) is 0 Å². The van der Waals surface area contributed by atoms with E-state index in [0.29, 0.717) is 6.54 Å². The summed E-state index contributed by atoms with van der Waals surface area (Å²) in [6.07, 6.45) is 0.0976. The highest BCUT2D eigenvalue weighted by atomic mass is 16.4. The fraction of sp³-hybridized carbons (Fsp3) is 0.417. The second kappa shape index (κ2) is 4.94. The standard InChI is InChI=1S/C12H17NO2/c1-8-3-4-11(9(2)5-8)10(7-13)6-12(14)15/h3-5,10H,6-7,13H2,1-2H3,(H,14,15). The highest BCUT2D eigenvalue weighted by Crippen LogP contribution is 2.23. The average Bonchev–Trinajstić information content (AvgIpc) is 2.14. The molecule has 1 rings (SSSR count). The molecule has 1 atom stereocenters. The van der Waals surface area contributed by atoms with E-state index in [1.54, 1.807) is 0 Å². The zero-order chi connectivity index (χ0) is 11.4. The van der Waals surface area contributed by atoms with Crippen molar-refractivity contribution >= 4 is 5.97 Å². The molecule has 0 heterocycles. The van der Waals surface area contributed by atoms with Crippen LogP contribution >= 0.6 is 0 Å². The van der Waals surface area contributed by atoms with E-state index < -0.39 is 5.97 Å². The van der Waals surface area contributed by atoms with Crippen LogP contribution in [-0.2, 0) is 4.79 Å². The van der Waals surface area contributed by atoms with Crippen molar-refractivity contribution in [3.8, 4) is 0 Å². The molecule has 0 aromatic heterocycles. The van der Waals surface area contributed by atoms with Crippen LogP contribution in [-0.4, -0.2) is 17.6 Å². The minimum atomic E-state index is -0.801. The second-order valence-electron chi connectivity index (χ2n) is 3.89. The van der Waals surface area contributed by atoms with Gasteiger partial charge in [0.2, 0.25) is 0 Å². The highest BCUT2D eigenvalue weighted by molar-refractivity contribution is 5.68. The summed E-state index contributed by atoms with van der Waals surface area (Å²) in [5.74, 6) is -0.881. The lowest BCUT2D eigenvalue weighted by Crippen LogP contribution is -2.17. The summed E-state index contributed by atoms with van der Waals surface area (Å²) in [5, 5.41) is 8.77. The van der Waals surface area contributed by atoms with Crippen LogP contribution in [0.15, 0.2) is 18.2 Å². The normalized spacial score (nSPS) is 12.5. The van der Waals surface area contributed by atoms with E-state index in [4.69, 9.17) is 10.8 Å². The van der Waals surface area contributed by atoms with Crippen LogP contribution in [0.25, 0.3) is 0 Å². The number of carboxylic acids is 1. The highest BCUT2D eigenvalue weighted by Gasteiger charge is 2.15. The largest absolute Gasteiger partial charge is 0.481 e. The monoisotopic (exact) mass is 207 g/mol. The van der Waals surface area contributed by atoms with E-state index in [-0.39, 0.29) is 12.3 Å². The van der Waals surface area contributed by atoms with Crippen molar-refractivity contribution in [1.82, 2.24) is 0 Å². The Morgan fingerprint density at radius 2 is 2.13 bits per heavy atom. The summed E-state index contributed by atoms with van der Waals surface area (Å²) in [7, 11) is 0. The summed E-state index contributed by atoms with van der Waals surface area (Å²) >= 11 is 0. The molecule has 15 heavy (non-hydrogen) atoms. The fourth-order valence-electron chi connectivity index (χ4n) is 1.81. The Labute approximate surface area is 89.9 Å². The number of hydrogen-bond donors (Lipinski definition) is 2. The number of aryl methyl sites for hydroxylation is 2. The number of aliphatic carboxylic acids is 1. The number of carbonyl (C=O) groups is 1. The van der Waals surface area contributed by atoms with E-state index >= 15 is 0 Å². The van der Waals surface area contributed by atoms with Gasteiger partial charge in [-0.2, -0.15) is 0 Å². The van der Waals surface area contributed by atoms with Crippen molar-refractivity contribution in [1.29, 1.82) is 0 Å². The van der Waals surface area contributed by atoms with Crippen molar-refractivity contribution in [3.63, 3.8) is 0 Å². The van der Waals surface area contributed by atoms with Crippen LogP contribution < -0.4 is 5.73 Å². The number of hydrogen-bond acceptors (Lipinski definition) is 2. The Morgan fingerprint density at radius 3 is 2.60 bits per heavy atom. The van der Waals surface area contributed by atoms with Crippen LogP contribution in [0.4, 0.5) is 0 Å². The van der Waals surface area contributed by atoms with Crippen molar-refractivity contribution in [3.05, 3.63) is 34.9 Å². The van der Waals surface area contributed by atoms with Gasteiger partial charge >= 0.3 is 5.97 Å². The Hall–Kier alpha value is -1.35. The van der Waals surface area contributed by atoms with E-state index in [2.05, 4.69) is 6.07 Å². The van der Waals surface area contributed by atoms with Crippen LogP contribution in [0, 0.1) is 13.8 Å². The smallest absolute Gasteiger partial charge is 0.304 e. The van der Waals surface area contributed by atoms with Crippen LogP contribution in [0.1, 0.15) is 29.0 Å². The molecule has 0 aliphatic heterocycles. The molecule has 0 aliphatic carbocycles. The van der Waals surface area contributed by atoms with Gasteiger partial charge in [-0.1, -0.05) is 23.8 Å². The summed E-state index contributed by atoms with van der Waals surface area (Å²) in [5.41, 5.74) is 8.94. The van der Waals surface area contributed by atoms with Gasteiger partial charge in [-0.25, -0.2) is 0 Å². The molecule has 0 fully saturated rings. The molecule has 0 aliphatic rings. The van der Waals surface area contributed by atoms with Crippen LogP contribution in [0.3, 0.4) is 0 Å². The molecule has 0 saturated heterocycles. The van der Waals surface area contributed by atoms with Crippen LogP contribution in [0.5, 0.6) is 0 Å². The van der Waals surface area contributed by atoms with Gasteiger partial charge in [0.25, 0.3) is 0 Å². The van der Waals surface area contributed by atoms with E-state index in [1.807, 2.05) is 26.0 Å². The quantitative estimate of drug-likeness (QED) is 0.791. The summed E-state index contributed by atoms with van der Waals surface area (Å²) in [6, 6.07) is 6.03. The van der Waals surface area contributed by atoms with Gasteiger partial charge in [0.1, 0.15) is 0 Å². The van der Waals surface area contributed by atoms with Crippen molar-refractivity contribution in [2.24, 2.45) is 5.73 Å². The third-order valence-corrected chi connectivity index (χ3v) is 2.57. The summed E-state index contributed by atoms with van der Waals surface area (Å²) in [6.45, 7) is 4.38. The summed E-state index contributed by atoms with van der Waals surface area (Å²) in [4.78, 5) is 10.7. The molecule has 0 radical (unpaired) electrons. The van der Waals surface area contributed by atoms with E-state index in [1.165, 1.54) is 5.56 Å². The molecular weight excluding hydrogens is 190 g/mol. The second-order valence-corrected chi connectivity index (χ2v) is 3.89. The van der Waals surface area contributed by atoms with Gasteiger partial charge in [-0.15, -0.1) is 0 Å². The lowest BCUT2D eigenvalue weighted by molar-refractivity contribution is -0.137. The van der Waals surface area contributed by atoms with Gasteiger partial charge in [-0.05, 0) is 31.5 Å². The lowest BCUT2D eigenvalue weighted by Gasteiger charge is -2.15. The maximum absolute atomic E-state index is 10.7. The molecule has 0 bridgehead atoms. The van der Waals surface area contributed by atoms with Crippen molar-refractivity contribution in [2.45, 2.75) is 26.2 Å². The molecule has 3 N–H and O–H groups in total. The SMILES string of the molecule is Cc1ccc(C(CN)CC(=O)O)c(C)c1. The predicted octanol–water partition coefficient (Wildman–Crippen LogP) is 1.82. The first-order chi connectivity index (χ1) is 7.04. The first-order valence-electron chi connectivity index (χ1n) is 5.03. The Morgan fingerprint density at radius 1 is 1.47 bits per heavy atom. The number of benzene rings is 1. The molecule has 3 heteroatoms. The number of carboxylic acid groups (broad SMARTS) is 1. The minimum Gasteiger partial charge on any atom is -0.481 e. The first-order valence-corrected chi connectivity index (χ1v) is 5.03.